The van der Waals surface area contributed by atoms with Gasteiger partial charge in [-0.2, -0.15) is 5.26 Å². The molecule has 0 amide bonds. The minimum Gasteiger partial charge on any atom is -0.375 e. The van der Waals surface area contributed by atoms with Crippen LogP contribution in [0.15, 0.2) is 24.3 Å². The van der Waals surface area contributed by atoms with Gasteiger partial charge in [0.1, 0.15) is 0 Å². The molecule has 1 saturated heterocycles. The molecule has 1 aliphatic rings. The van der Waals surface area contributed by atoms with Gasteiger partial charge < -0.3 is 10.1 Å². The summed E-state index contributed by atoms with van der Waals surface area (Å²) in [4.78, 5) is 0. The van der Waals surface area contributed by atoms with E-state index in [1.807, 2.05) is 18.2 Å². The smallest absolute Gasteiger partial charge is 0.0991 e. The Hall–Kier alpha value is -1.37. The molecule has 19 heavy (non-hydrogen) atoms. The molecule has 1 aromatic rings. The number of hydrogen-bond acceptors (Lipinski definition) is 3. The molecule has 1 aliphatic heterocycles. The van der Waals surface area contributed by atoms with Crippen molar-refractivity contribution >= 4 is 0 Å². The molecular formula is C16H22N2O. The third-order valence-corrected chi connectivity index (χ3v) is 3.70. The van der Waals surface area contributed by atoms with E-state index in [0.717, 1.165) is 25.0 Å². The number of nitriles is 1. The quantitative estimate of drug-likeness (QED) is 0.905. The molecule has 0 bridgehead atoms. The van der Waals surface area contributed by atoms with E-state index in [1.165, 1.54) is 5.56 Å². The molecule has 3 nitrogen and oxygen atoms in total. The van der Waals surface area contributed by atoms with Gasteiger partial charge in [0.25, 0.3) is 0 Å². The minimum absolute atomic E-state index is 0.0376. The SMILES string of the molecule is CC(NC1CCOC(C)(C)C1)c1cccc(C#N)c1. The first-order chi connectivity index (χ1) is 9.00. The zero-order valence-corrected chi connectivity index (χ0v) is 11.9. The van der Waals surface area contributed by atoms with Crippen molar-refractivity contribution in [2.75, 3.05) is 6.61 Å². The van der Waals surface area contributed by atoms with Crippen LogP contribution in [0.2, 0.25) is 0 Å². The maximum Gasteiger partial charge on any atom is 0.0991 e. The third kappa shape index (κ3) is 3.79. The second-order valence-corrected chi connectivity index (χ2v) is 5.92. The van der Waals surface area contributed by atoms with Crippen LogP contribution in [0, 0.1) is 11.3 Å². The second-order valence-electron chi connectivity index (χ2n) is 5.92. The molecular weight excluding hydrogens is 236 g/mol. The highest BCUT2D eigenvalue weighted by molar-refractivity contribution is 5.34. The maximum atomic E-state index is 8.95. The average Bonchev–Trinajstić information content (AvgIpc) is 2.37. The van der Waals surface area contributed by atoms with Gasteiger partial charge in [-0.25, -0.2) is 0 Å². The molecule has 1 N–H and O–H groups in total. The van der Waals surface area contributed by atoms with Crippen molar-refractivity contribution < 1.29 is 4.74 Å². The summed E-state index contributed by atoms with van der Waals surface area (Å²) in [6, 6.07) is 10.7. The van der Waals surface area contributed by atoms with Gasteiger partial charge in [0, 0.05) is 18.7 Å². The predicted octanol–water partition coefficient (Wildman–Crippen LogP) is 3.17. The van der Waals surface area contributed by atoms with Crippen molar-refractivity contribution in [2.24, 2.45) is 0 Å². The van der Waals surface area contributed by atoms with E-state index in [4.69, 9.17) is 10.00 Å². The molecule has 2 unspecified atom stereocenters. The zero-order valence-electron chi connectivity index (χ0n) is 11.9. The summed E-state index contributed by atoms with van der Waals surface area (Å²) < 4.78 is 5.74. The molecule has 2 atom stereocenters. The normalized spacial score (nSPS) is 23.6. The minimum atomic E-state index is -0.0376. The van der Waals surface area contributed by atoms with Crippen molar-refractivity contribution in [1.82, 2.24) is 5.32 Å². The Bertz CT molecular complexity index is 476. The molecule has 0 saturated carbocycles. The Morgan fingerprint density at radius 2 is 2.26 bits per heavy atom. The number of nitrogens with one attached hydrogen (secondary N) is 1. The summed E-state index contributed by atoms with van der Waals surface area (Å²) in [6.07, 6.45) is 2.07. The summed E-state index contributed by atoms with van der Waals surface area (Å²) in [6.45, 7) is 7.25. The van der Waals surface area contributed by atoms with E-state index < -0.39 is 0 Å². The molecule has 0 aliphatic carbocycles. The Kier molecular flexibility index (Phi) is 4.24. The lowest BCUT2D eigenvalue weighted by Crippen LogP contribution is -2.44. The Morgan fingerprint density at radius 1 is 1.47 bits per heavy atom. The first-order valence-corrected chi connectivity index (χ1v) is 6.90. The van der Waals surface area contributed by atoms with Gasteiger partial charge in [-0.05, 0) is 51.3 Å². The van der Waals surface area contributed by atoms with E-state index in [9.17, 15) is 0 Å². The fourth-order valence-corrected chi connectivity index (χ4v) is 2.70. The summed E-state index contributed by atoms with van der Waals surface area (Å²) >= 11 is 0. The fourth-order valence-electron chi connectivity index (χ4n) is 2.70. The molecule has 3 heteroatoms. The van der Waals surface area contributed by atoms with Gasteiger partial charge in [-0.15, -0.1) is 0 Å². The van der Waals surface area contributed by atoms with E-state index >= 15 is 0 Å². The first-order valence-electron chi connectivity index (χ1n) is 6.90. The van der Waals surface area contributed by atoms with Crippen LogP contribution in [0.5, 0.6) is 0 Å². The molecule has 102 valence electrons. The second kappa shape index (κ2) is 5.73. The van der Waals surface area contributed by atoms with Crippen molar-refractivity contribution in [3.8, 4) is 6.07 Å². The number of ether oxygens (including phenoxy) is 1. The van der Waals surface area contributed by atoms with E-state index in [-0.39, 0.29) is 11.6 Å². The predicted molar refractivity (Wildman–Crippen MR) is 75.8 cm³/mol. The number of benzene rings is 1. The van der Waals surface area contributed by atoms with Crippen molar-refractivity contribution in [3.63, 3.8) is 0 Å². The molecule has 2 rings (SSSR count). The molecule has 1 heterocycles. The van der Waals surface area contributed by atoms with Crippen LogP contribution in [-0.4, -0.2) is 18.2 Å². The first kappa shape index (κ1) is 14.0. The third-order valence-electron chi connectivity index (χ3n) is 3.70. The van der Waals surface area contributed by atoms with Crippen molar-refractivity contribution in [3.05, 3.63) is 35.4 Å². The fraction of sp³-hybridized carbons (Fsp3) is 0.562. The van der Waals surface area contributed by atoms with Crippen molar-refractivity contribution in [2.45, 2.75) is 51.3 Å². The summed E-state index contributed by atoms with van der Waals surface area (Å²) in [5, 5.41) is 12.6. The van der Waals surface area contributed by atoms with Crippen LogP contribution in [0.4, 0.5) is 0 Å². The molecule has 1 fully saturated rings. The van der Waals surface area contributed by atoms with Crippen LogP contribution in [-0.2, 0) is 4.74 Å². The zero-order chi connectivity index (χ0) is 13.9. The number of rotatable bonds is 3. The van der Waals surface area contributed by atoms with Gasteiger partial charge in [0.15, 0.2) is 0 Å². The van der Waals surface area contributed by atoms with Crippen molar-refractivity contribution in [1.29, 1.82) is 5.26 Å². The molecule has 0 aromatic heterocycles. The van der Waals surface area contributed by atoms with Crippen LogP contribution in [0.3, 0.4) is 0 Å². The van der Waals surface area contributed by atoms with Gasteiger partial charge >= 0.3 is 0 Å². The summed E-state index contributed by atoms with van der Waals surface area (Å²) in [5.41, 5.74) is 1.85. The van der Waals surface area contributed by atoms with Crippen LogP contribution >= 0.6 is 0 Å². The summed E-state index contributed by atoms with van der Waals surface area (Å²) in [5.74, 6) is 0. The molecule has 0 spiro atoms. The lowest BCUT2D eigenvalue weighted by atomic mass is 9.93. The lowest BCUT2D eigenvalue weighted by Gasteiger charge is -2.37. The Balaban J connectivity index is 2.00. The van der Waals surface area contributed by atoms with E-state index in [1.54, 1.807) is 0 Å². The van der Waals surface area contributed by atoms with E-state index in [2.05, 4.69) is 38.2 Å². The maximum absolute atomic E-state index is 8.95. The summed E-state index contributed by atoms with van der Waals surface area (Å²) in [7, 11) is 0. The van der Waals surface area contributed by atoms with E-state index in [0.29, 0.717) is 6.04 Å². The standard InChI is InChI=1S/C16H22N2O/c1-12(14-6-4-5-13(9-14)11-17)18-15-7-8-19-16(2,3)10-15/h4-6,9,12,15,18H,7-8,10H2,1-3H3. The molecule has 1 aromatic carbocycles. The number of nitrogens with zero attached hydrogens (tertiary/aromatic N) is 1. The molecule has 0 radical (unpaired) electrons. The van der Waals surface area contributed by atoms with Gasteiger partial charge in [-0.3, -0.25) is 0 Å². The number of hydrogen-bond donors (Lipinski definition) is 1. The lowest BCUT2D eigenvalue weighted by molar-refractivity contribution is -0.0639. The van der Waals surface area contributed by atoms with Gasteiger partial charge in [-0.1, -0.05) is 12.1 Å². The Morgan fingerprint density at radius 3 is 2.95 bits per heavy atom. The van der Waals surface area contributed by atoms with Gasteiger partial charge in [0.05, 0.1) is 17.2 Å². The highest BCUT2D eigenvalue weighted by Crippen LogP contribution is 2.26. The highest BCUT2D eigenvalue weighted by Gasteiger charge is 2.29. The largest absolute Gasteiger partial charge is 0.375 e. The average molecular weight is 258 g/mol. The van der Waals surface area contributed by atoms with Gasteiger partial charge in [0.2, 0.25) is 0 Å². The topological polar surface area (TPSA) is 45.0 Å². The highest BCUT2D eigenvalue weighted by atomic mass is 16.5. The van der Waals surface area contributed by atoms with Crippen LogP contribution < -0.4 is 5.32 Å². The van der Waals surface area contributed by atoms with Crippen LogP contribution in [0.1, 0.15) is 50.8 Å². The Labute approximate surface area is 115 Å². The monoisotopic (exact) mass is 258 g/mol. The van der Waals surface area contributed by atoms with Crippen LogP contribution in [0.25, 0.3) is 0 Å².